The van der Waals surface area contributed by atoms with Crippen molar-refractivity contribution in [2.45, 2.75) is 52.0 Å². The molecule has 1 aromatic rings. The van der Waals surface area contributed by atoms with Crippen LogP contribution in [0, 0.1) is 5.92 Å². The van der Waals surface area contributed by atoms with Crippen LogP contribution in [-0.4, -0.2) is 10.4 Å². The van der Waals surface area contributed by atoms with Crippen molar-refractivity contribution >= 4 is 22.4 Å². The Labute approximate surface area is 102 Å². The average Bonchev–Trinajstić information content (AvgIpc) is 2.92. The van der Waals surface area contributed by atoms with Crippen LogP contribution in [0.25, 0.3) is 0 Å². The monoisotopic (exact) mass is 239 g/mol. The smallest absolute Gasteiger partial charge is 0.142 e. The molecule has 0 aliphatic heterocycles. The van der Waals surface area contributed by atoms with E-state index in [1.807, 2.05) is 0 Å². The van der Waals surface area contributed by atoms with Crippen LogP contribution in [0.4, 0.5) is 10.8 Å². The molecule has 1 saturated carbocycles. The summed E-state index contributed by atoms with van der Waals surface area (Å²) in [6, 6.07) is 0.498. The summed E-state index contributed by atoms with van der Waals surface area (Å²) in [6.45, 7) is 6.73. The molecule has 0 radical (unpaired) electrons. The van der Waals surface area contributed by atoms with Gasteiger partial charge in [-0.05, 0) is 49.6 Å². The second kappa shape index (κ2) is 4.62. The Morgan fingerprint density at radius 2 is 2.12 bits per heavy atom. The van der Waals surface area contributed by atoms with Crippen molar-refractivity contribution in [3.63, 3.8) is 0 Å². The molecule has 4 heteroatoms. The van der Waals surface area contributed by atoms with E-state index in [-0.39, 0.29) is 0 Å². The third kappa shape index (κ3) is 2.67. The van der Waals surface area contributed by atoms with E-state index in [1.165, 1.54) is 41.4 Å². The third-order valence-electron chi connectivity index (χ3n) is 2.94. The summed E-state index contributed by atoms with van der Waals surface area (Å²) in [5, 5.41) is 4.76. The lowest BCUT2D eigenvalue weighted by Gasteiger charge is -2.16. The van der Waals surface area contributed by atoms with Gasteiger partial charge in [0.15, 0.2) is 0 Å². The van der Waals surface area contributed by atoms with Gasteiger partial charge in [0.1, 0.15) is 10.8 Å². The fourth-order valence-electron chi connectivity index (χ4n) is 2.17. The number of anilines is 2. The van der Waals surface area contributed by atoms with Crippen molar-refractivity contribution in [1.82, 2.24) is 4.37 Å². The minimum absolute atomic E-state index is 0.498. The predicted molar refractivity (Wildman–Crippen MR) is 71.0 cm³/mol. The van der Waals surface area contributed by atoms with E-state index in [2.05, 4.69) is 30.5 Å². The first-order valence-electron chi connectivity index (χ1n) is 6.09. The van der Waals surface area contributed by atoms with Gasteiger partial charge in [-0.15, -0.1) is 0 Å². The molecule has 3 N–H and O–H groups in total. The summed E-state index contributed by atoms with van der Waals surface area (Å²) in [7, 11) is 0. The zero-order valence-corrected chi connectivity index (χ0v) is 11.1. The maximum absolute atomic E-state index is 5.92. The highest BCUT2D eigenvalue weighted by atomic mass is 32.1. The number of nitrogens with two attached hydrogens (primary N) is 1. The van der Waals surface area contributed by atoms with Crippen LogP contribution < -0.4 is 11.1 Å². The maximum Gasteiger partial charge on any atom is 0.142 e. The fraction of sp³-hybridized carbons (Fsp3) is 0.750. The summed E-state index contributed by atoms with van der Waals surface area (Å²) in [6.07, 6.45) is 3.73. The number of nitrogens with one attached hydrogen (secondary N) is 1. The maximum atomic E-state index is 5.92. The zero-order valence-electron chi connectivity index (χ0n) is 10.3. The molecule has 90 valence electrons. The number of rotatable bonds is 5. The Hall–Kier alpha value is -0.770. The van der Waals surface area contributed by atoms with Gasteiger partial charge in [-0.1, -0.05) is 13.8 Å². The summed E-state index contributed by atoms with van der Waals surface area (Å²) in [5.74, 6) is 2.14. The highest BCUT2D eigenvalue weighted by molar-refractivity contribution is 7.10. The molecule has 2 rings (SSSR count). The van der Waals surface area contributed by atoms with E-state index < -0.39 is 0 Å². The minimum Gasteiger partial charge on any atom is -0.383 e. The topological polar surface area (TPSA) is 50.9 Å². The van der Waals surface area contributed by atoms with E-state index in [1.54, 1.807) is 0 Å². The summed E-state index contributed by atoms with van der Waals surface area (Å²) in [5.41, 5.74) is 7.20. The fourth-order valence-corrected chi connectivity index (χ4v) is 3.08. The Morgan fingerprint density at radius 3 is 2.69 bits per heavy atom. The summed E-state index contributed by atoms with van der Waals surface area (Å²) < 4.78 is 4.27. The molecule has 1 fully saturated rings. The van der Waals surface area contributed by atoms with E-state index >= 15 is 0 Å². The molecule has 1 atom stereocenters. The summed E-state index contributed by atoms with van der Waals surface area (Å²) >= 11 is 1.51. The van der Waals surface area contributed by atoms with Crippen LogP contribution >= 0.6 is 11.5 Å². The normalized spacial score (nSPS) is 17.8. The first kappa shape index (κ1) is 11.7. The van der Waals surface area contributed by atoms with Gasteiger partial charge in [0.25, 0.3) is 0 Å². The van der Waals surface area contributed by atoms with Crippen LogP contribution in [0.1, 0.15) is 51.5 Å². The van der Waals surface area contributed by atoms with Gasteiger partial charge in [0, 0.05) is 11.6 Å². The van der Waals surface area contributed by atoms with Crippen molar-refractivity contribution in [3.05, 3.63) is 5.56 Å². The summed E-state index contributed by atoms with van der Waals surface area (Å²) in [4.78, 5) is 0. The van der Waals surface area contributed by atoms with Crippen molar-refractivity contribution < 1.29 is 0 Å². The van der Waals surface area contributed by atoms with Crippen LogP contribution in [-0.2, 0) is 0 Å². The van der Waals surface area contributed by atoms with Crippen LogP contribution in [0.2, 0.25) is 0 Å². The molecule has 1 aliphatic rings. The molecule has 1 aliphatic carbocycles. The largest absolute Gasteiger partial charge is 0.383 e. The van der Waals surface area contributed by atoms with Crippen LogP contribution in [0.15, 0.2) is 0 Å². The molecule has 0 amide bonds. The first-order chi connectivity index (χ1) is 7.58. The highest BCUT2D eigenvalue weighted by Crippen LogP contribution is 2.47. The zero-order chi connectivity index (χ0) is 11.7. The van der Waals surface area contributed by atoms with Gasteiger partial charge in [-0.2, -0.15) is 4.37 Å². The molecule has 0 spiro atoms. The second-order valence-electron chi connectivity index (χ2n) is 5.26. The standard InChI is InChI=1S/C12H21N3S/c1-7(2)6-8(3)14-12-10(9-4-5-9)11(13)15-16-12/h7-9,14H,4-6H2,1-3H3,(H2,13,15). The van der Waals surface area contributed by atoms with E-state index in [0.717, 1.165) is 11.7 Å². The molecule has 16 heavy (non-hydrogen) atoms. The van der Waals surface area contributed by atoms with E-state index in [0.29, 0.717) is 12.0 Å². The number of nitrogens with zero attached hydrogens (tertiary/aromatic N) is 1. The number of aromatic nitrogens is 1. The number of hydrogen-bond acceptors (Lipinski definition) is 4. The molecule has 1 unspecified atom stereocenters. The van der Waals surface area contributed by atoms with E-state index in [9.17, 15) is 0 Å². The van der Waals surface area contributed by atoms with Crippen molar-refractivity contribution in [2.24, 2.45) is 5.92 Å². The Balaban J connectivity index is 2.03. The van der Waals surface area contributed by atoms with Gasteiger partial charge in [0.2, 0.25) is 0 Å². The van der Waals surface area contributed by atoms with Crippen molar-refractivity contribution in [3.8, 4) is 0 Å². The Bertz CT molecular complexity index is 355. The molecule has 3 nitrogen and oxygen atoms in total. The Kier molecular flexibility index (Phi) is 3.38. The highest BCUT2D eigenvalue weighted by Gasteiger charge is 2.30. The van der Waals surface area contributed by atoms with Crippen molar-refractivity contribution in [1.29, 1.82) is 0 Å². The van der Waals surface area contributed by atoms with Gasteiger partial charge in [-0.25, -0.2) is 0 Å². The molecule has 1 aromatic heterocycles. The molecular formula is C12H21N3S. The lowest BCUT2D eigenvalue weighted by atomic mass is 10.1. The van der Waals surface area contributed by atoms with Crippen LogP contribution in [0.3, 0.4) is 0 Å². The first-order valence-corrected chi connectivity index (χ1v) is 6.86. The number of hydrogen-bond donors (Lipinski definition) is 2. The van der Waals surface area contributed by atoms with Gasteiger partial charge in [0.05, 0.1) is 0 Å². The number of nitrogen functional groups attached to an aromatic ring is 1. The SMILES string of the molecule is CC(C)CC(C)Nc1snc(N)c1C1CC1. The third-order valence-corrected chi connectivity index (χ3v) is 3.75. The quantitative estimate of drug-likeness (QED) is 0.827. The molecule has 0 aromatic carbocycles. The van der Waals surface area contributed by atoms with Gasteiger partial charge < -0.3 is 11.1 Å². The predicted octanol–water partition coefficient (Wildman–Crippen LogP) is 3.45. The lowest BCUT2D eigenvalue weighted by molar-refractivity contribution is 0.540. The van der Waals surface area contributed by atoms with Gasteiger partial charge in [-0.3, -0.25) is 0 Å². The van der Waals surface area contributed by atoms with Crippen LogP contribution in [0.5, 0.6) is 0 Å². The average molecular weight is 239 g/mol. The molecule has 0 saturated heterocycles. The van der Waals surface area contributed by atoms with Crippen molar-refractivity contribution in [2.75, 3.05) is 11.1 Å². The minimum atomic E-state index is 0.498. The Morgan fingerprint density at radius 1 is 1.44 bits per heavy atom. The molecular weight excluding hydrogens is 218 g/mol. The molecule has 1 heterocycles. The second-order valence-corrected chi connectivity index (χ2v) is 6.03. The van der Waals surface area contributed by atoms with E-state index in [4.69, 9.17) is 5.73 Å². The lowest BCUT2D eigenvalue weighted by Crippen LogP contribution is -2.17. The molecule has 0 bridgehead atoms. The van der Waals surface area contributed by atoms with Gasteiger partial charge >= 0.3 is 0 Å².